The van der Waals surface area contributed by atoms with Crippen molar-refractivity contribution in [3.8, 4) is 0 Å². The van der Waals surface area contributed by atoms with E-state index < -0.39 is 0 Å². The normalized spacial score (nSPS) is 28.3. The molecule has 0 bridgehead atoms. The SMILES string of the molecule is Cl.O=C(NCCc1cn[nH]n1)[C@H]1CC[C@H]2OCCN[C@@H]2C1. The molecule has 2 heterocycles. The van der Waals surface area contributed by atoms with E-state index >= 15 is 0 Å². The van der Waals surface area contributed by atoms with Crippen LogP contribution in [0.3, 0.4) is 0 Å². The van der Waals surface area contributed by atoms with E-state index in [-0.39, 0.29) is 24.2 Å². The number of nitrogens with zero attached hydrogens (tertiary/aromatic N) is 2. The van der Waals surface area contributed by atoms with E-state index in [1.807, 2.05) is 0 Å². The molecule has 1 aromatic rings. The standard InChI is InChI=1S/C13H21N5O2.ClH/c19-13(15-4-3-10-8-16-18-17-10)9-1-2-12-11(7-9)14-5-6-20-12;/h8-9,11-12,14H,1-7H2,(H,15,19)(H,16,17,18);1H/t9-,11+,12+;/m0./s1. The van der Waals surface area contributed by atoms with E-state index in [1.54, 1.807) is 6.20 Å². The van der Waals surface area contributed by atoms with Crippen LogP contribution in [0.1, 0.15) is 25.0 Å². The van der Waals surface area contributed by atoms with Gasteiger partial charge in [0.2, 0.25) is 5.91 Å². The van der Waals surface area contributed by atoms with E-state index in [0.717, 1.165) is 38.1 Å². The minimum absolute atomic E-state index is 0. The van der Waals surface area contributed by atoms with Gasteiger partial charge < -0.3 is 15.4 Å². The van der Waals surface area contributed by atoms with Gasteiger partial charge in [0.05, 0.1) is 24.6 Å². The van der Waals surface area contributed by atoms with E-state index in [9.17, 15) is 4.79 Å². The van der Waals surface area contributed by atoms with E-state index in [2.05, 4.69) is 26.0 Å². The second-order valence-corrected chi connectivity index (χ2v) is 5.48. The Bertz CT molecular complexity index is 442. The fourth-order valence-electron chi connectivity index (χ4n) is 3.05. The van der Waals surface area contributed by atoms with Crippen LogP contribution in [0.4, 0.5) is 0 Å². The number of aromatic nitrogens is 3. The first-order valence-electron chi connectivity index (χ1n) is 7.30. The monoisotopic (exact) mass is 315 g/mol. The maximum absolute atomic E-state index is 12.2. The molecule has 2 aliphatic rings. The van der Waals surface area contributed by atoms with Crippen LogP contribution < -0.4 is 10.6 Å². The molecule has 1 aliphatic heterocycles. The van der Waals surface area contributed by atoms with Crippen molar-refractivity contribution in [1.29, 1.82) is 0 Å². The molecule has 0 radical (unpaired) electrons. The second-order valence-electron chi connectivity index (χ2n) is 5.48. The fourth-order valence-corrected chi connectivity index (χ4v) is 3.05. The van der Waals surface area contributed by atoms with Gasteiger partial charge in [0, 0.05) is 31.5 Å². The van der Waals surface area contributed by atoms with Gasteiger partial charge in [0.25, 0.3) is 0 Å². The van der Waals surface area contributed by atoms with Gasteiger partial charge in [-0.05, 0) is 19.3 Å². The summed E-state index contributed by atoms with van der Waals surface area (Å²) in [5, 5.41) is 16.7. The first kappa shape index (κ1) is 16.2. The Morgan fingerprint density at radius 3 is 3.19 bits per heavy atom. The number of carbonyl (C=O) groups excluding carboxylic acids is 1. The van der Waals surface area contributed by atoms with Crippen LogP contribution in [0.25, 0.3) is 0 Å². The van der Waals surface area contributed by atoms with E-state index in [0.29, 0.717) is 25.1 Å². The highest BCUT2D eigenvalue weighted by molar-refractivity contribution is 5.85. The number of carbonyl (C=O) groups is 1. The molecule has 3 N–H and O–H groups in total. The van der Waals surface area contributed by atoms with Crippen molar-refractivity contribution in [2.24, 2.45) is 5.92 Å². The minimum Gasteiger partial charge on any atom is -0.375 e. The number of halogens is 1. The summed E-state index contributed by atoms with van der Waals surface area (Å²) in [5.74, 6) is 0.252. The number of hydrogen-bond donors (Lipinski definition) is 3. The third kappa shape index (κ3) is 4.15. The molecule has 0 aromatic carbocycles. The Balaban J connectivity index is 0.00000161. The van der Waals surface area contributed by atoms with Crippen molar-refractivity contribution < 1.29 is 9.53 Å². The van der Waals surface area contributed by atoms with Gasteiger partial charge in [0.15, 0.2) is 0 Å². The fraction of sp³-hybridized carbons (Fsp3) is 0.769. The Morgan fingerprint density at radius 1 is 1.48 bits per heavy atom. The first-order valence-corrected chi connectivity index (χ1v) is 7.30. The molecule has 118 valence electrons. The summed E-state index contributed by atoms with van der Waals surface area (Å²) >= 11 is 0. The summed E-state index contributed by atoms with van der Waals surface area (Å²) in [5.41, 5.74) is 0.872. The Morgan fingerprint density at radius 2 is 2.38 bits per heavy atom. The lowest BCUT2D eigenvalue weighted by molar-refractivity contribution is -0.128. The number of fused-ring (bicyclic) bond motifs is 1. The molecule has 0 spiro atoms. The zero-order valence-electron chi connectivity index (χ0n) is 11.9. The summed E-state index contributed by atoms with van der Waals surface area (Å²) in [6.45, 7) is 2.29. The van der Waals surface area contributed by atoms with Crippen molar-refractivity contribution in [3.63, 3.8) is 0 Å². The van der Waals surface area contributed by atoms with Gasteiger partial charge >= 0.3 is 0 Å². The quantitative estimate of drug-likeness (QED) is 0.730. The lowest BCUT2D eigenvalue weighted by atomic mass is 9.82. The van der Waals surface area contributed by atoms with Gasteiger partial charge in [-0.2, -0.15) is 15.4 Å². The highest BCUT2D eigenvalue weighted by atomic mass is 35.5. The average molecular weight is 316 g/mol. The summed E-state index contributed by atoms with van der Waals surface area (Å²) in [6.07, 6.45) is 5.45. The molecule has 3 atom stereocenters. The van der Waals surface area contributed by atoms with Crippen molar-refractivity contribution in [3.05, 3.63) is 11.9 Å². The molecule has 1 saturated carbocycles. The summed E-state index contributed by atoms with van der Waals surface area (Å²) in [6, 6.07) is 0.337. The molecule has 2 fully saturated rings. The van der Waals surface area contributed by atoms with Crippen LogP contribution in [0.15, 0.2) is 6.20 Å². The van der Waals surface area contributed by atoms with Crippen molar-refractivity contribution in [2.75, 3.05) is 19.7 Å². The smallest absolute Gasteiger partial charge is 0.223 e. The van der Waals surface area contributed by atoms with Gasteiger partial charge in [-0.3, -0.25) is 4.79 Å². The topological polar surface area (TPSA) is 91.9 Å². The highest BCUT2D eigenvalue weighted by Gasteiger charge is 2.35. The summed E-state index contributed by atoms with van der Waals surface area (Å²) in [7, 11) is 0. The van der Waals surface area contributed by atoms with Crippen molar-refractivity contribution in [2.45, 2.75) is 37.8 Å². The van der Waals surface area contributed by atoms with Crippen LogP contribution in [-0.4, -0.2) is 53.2 Å². The summed E-state index contributed by atoms with van der Waals surface area (Å²) < 4.78 is 5.73. The number of rotatable bonds is 4. The van der Waals surface area contributed by atoms with Crippen LogP contribution in [0.5, 0.6) is 0 Å². The molecule has 1 aromatic heterocycles. The lowest BCUT2D eigenvalue weighted by Crippen LogP contribution is -2.53. The molecule has 1 amide bonds. The Kier molecular flexibility index (Phi) is 5.96. The number of amides is 1. The van der Waals surface area contributed by atoms with Crippen LogP contribution >= 0.6 is 12.4 Å². The van der Waals surface area contributed by atoms with E-state index in [1.165, 1.54) is 0 Å². The molecule has 1 aliphatic carbocycles. The van der Waals surface area contributed by atoms with Gasteiger partial charge in [-0.1, -0.05) is 0 Å². The number of nitrogens with one attached hydrogen (secondary N) is 3. The zero-order chi connectivity index (χ0) is 13.8. The lowest BCUT2D eigenvalue weighted by Gasteiger charge is -2.39. The molecular weight excluding hydrogens is 294 g/mol. The minimum atomic E-state index is 0. The molecule has 3 rings (SSSR count). The number of morpholine rings is 1. The highest BCUT2D eigenvalue weighted by Crippen LogP contribution is 2.28. The largest absolute Gasteiger partial charge is 0.375 e. The predicted molar refractivity (Wildman–Crippen MR) is 79.2 cm³/mol. The number of H-pyrrole nitrogens is 1. The van der Waals surface area contributed by atoms with Crippen LogP contribution in [-0.2, 0) is 16.0 Å². The van der Waals surface area contributed by atoms with Gasteiger partial charge in [-0.25, -0.2) is 0 Å². The van der Waals surface area contributed by atoms with Crippen LogP contribution in [0.2, 0.25) is 0 Å². The maximum Gasteiger partial charge on any atom is 0.223 e. The maximum atomic E-state index is 12.2. The van der Waals surface area contributed by atoms with Gasteiger partial charge in [0.1, 0.15) is 0 Å². The second kappa shape index (κ2) is 7.72. The first-order chi connectivity index (χ1) is 9.83. The third-order valence-corrected chi connectivity index (χ3v) is 4.14. The Hall–Kier alpha value is -1.18. The molecule has 21 heavy (non-hydrogen) atoms. The Labute approximate surface area is 130 Å². The van der Waals surface area contributed by atoms with Gasteiger partial charge in [-0.15, -0.1) is 12.4 Å². The molecule has 8 heteroatoms. The molecular formula is C13H22ClN5O2. The zero-order valence-corrected chi connectivity index (χ0v) is 12.7. The van der Waals surface area contributed by atoms with Crippen molar-refractivity contribution >= 4 is 18.3 Å². The molecule has 1 saturated heterocycles. The molecule has 0 unspecified atom stereocenters. The average Bonchev–Trinajstić information content (AvgIpc) is 3.00. The third-order valence-electron chi connectivity index (χ3n) is 4.14. The predicted octanol–water partition coefficient (Wildman–Crippen LogP) is 0.0423. The number of hydrogen-bond acceptors (Lipinski definition) is 5. The summed E-state index contributed by atoms with van der Waals surface area (Å²) in [4.78, 5) is 12.2. The van der Waals surface area contributed by atoms with Crippen LogP contribution in [0, 0.1) is 5.92 Å². The number of ether oxygens (including phenoxy) is 1. The number of aromatic amines is 1. The van der Waals surface area contributed by atoms with E-state index in [4.69, 9.17) is 4.74 Å². The van der Waals surface area contributed by atoms with Crippen molar-refractivity contribution in [1.82, 2.24) is 26.0 Å². The molecule has 7 nitrogen and oxygen atoms in total.